The Hall–Kier alpha value is -2.29. The first-order valence-electron chi connectivity index (χ1n) is 9.29. The number of esters is 1. The molecule has 0 saturated carbocycles. The number of anilines is 1. The normalized spacial score (nSPS) is 17.3. The van der Waals surface area contributed by atoms with Crippen molar-refractivity contribution in [1.82, 2.24) is 0 Å². The number of hydrogen-bond acceptors (Lipinski definition) is 3. The average molecular weight is 351 g/mol. The number of fused-ring (bicyclic) bond motifs is 1. The molecular weight excluding hydrogens is 322 g/mol. The highest BCUT2D eigenvalue weighted by atomic mass is 16.5. The third-order valence-corrected chi connectivity index (χ3v) is 5.72. The van der Waals surface area contributed by atoms with Crippen LogP contribution in [0, 0.1) is 0 Å². The van der Waals surface area contributed by atoms with E-state index < -0.39 is 0 Å². The number of hydrogen-bond donors (Lipinski definition) is 1. The molecule has 2 aromatic carbocycles. The predicted molar refractivity (Wildman–Crippen MR) is 107 cm³/mol. The lowest BCUT2D eigenvalue weighted by molar-refractivity contribution is 0.0601. The van der Waals surface area contributed by atoms with Crippen LogP contribution in [0.3, 0.4) is 0 Å². The number of carbonyl (C=O) groups excluding carboxylic acids is 1. The van der Waals surface area contributed by atoms with Crippen LogP contribution in [0.5, 0.6) is 0 Å². The van der Waals surface area contributed by atoms with Gasteiger partial charge in [0.05, 0.1) is 12.7 Å². The van der Waals surface area contributed by atoms with Gasteiger partial charge < -0.3 is 10.1 Å². The Morgan fingerprint density at radius 3 is 2.19 bits per heavy atom. The van der Waals surface area contributed by atoms with Crippen LogP contribution in [0.2, 0.25) is 0 Å². The van der Waals surface area contributed by atoms with Gasteiger partial charge in [-0.05, 0) is 64.6 Å². The number of nitrogens with one attached hydrogen (secondary N) is 1. The zero-order valence-electron chi connectivity index (χ0n) is 16.5. The van der Waals surface area contributed by atoms with E-state index in [1.807, 2.05) is 12.1 Å². The van der Waals surface area contributed by atoms with Gasteiger partial charge in [-0.3, -0.25) is 0 Å². The quantitative estimate of drug-likeness (QED) is 0.746. The third-order valence-electron chi connectivity index (χ3n) is 5.72. The van der Waals surface area contributed by atoms with E-state index in [0.717, 1.165) is 12.2 Å². The van der Waals surface area contributed by atoms with Gasteiger partial charge in [0.15, 0.2) is 0 Å². The van der Waals surface area contributed by atoms with Gasteiger partial charge in [-0.1, -0.05) is 45.9 Å². The molecular formula is C23H29NO2. The largest absolute Gasteiger partial charge is 0.465 e. The summed E-state index contributed by atoms with van der Waals surface area (Å²) in [6, 6.07) is 14.3. The zero-order chi connectivity index (χ0) is 18.9. The lowest BCUT2D eigenvalue weighted by Crippen LogP contribution is -2.33. The van der Waals surface area contributed by atoms with E-state index in [2.05, 4.69) is 51.2 Å². The Morgan fingerprint density at radius 2 is 1.58 bits per heavy atom. The van der Waals surface area contributed by atoms with Crippen LogP contribution in [-0.4, -0.2) is 13.1 Å². The Balaban J connectivity index is 1.76. The molecule has 0 atom stereocenters. The van der Waals surface area contributed by atoms with E-state index in [9.17, 15) is 4.79 Å². The zero-order valence-corrected chi connectivity index (χ0v) is 16.5. The topological polar surface area (TPSA) is 38.3 Å². The smallest absolute Gasteiger partial charge is 0.337 e. The maximum absolute atomic E-state index is 11.5. The van der Waals surface area contributed by atoms with Crippen LogP contribution >= 0.6 is 0 Å². The minimum atomic E-state index is -0.309. The molecule has 0 unspecified atom stereocenters. The molecule has 3 rings (SSSR count). The summed E-state index contributed by atoms with van der Waals surface area (Å²) in [6.45, 7) is 10.2. The number of ether oxygens (including phenoxy) is 1. The Labute approximate surface area is 156 Å². The van der Waals surface area contributed by atoms with Gasteiger partial charge in [-0.15, -0.1) is 0 Å². The highest BCUT2D eigenvalue weighted by Gasteiger charge is 2.36. The summed E-state index contributed by atoms with van der Waals surface area (Å²) in [7, 11) is 1.40. The number of rotatable bonds is 4. The molecule has 0 aromatic heterocycles. The maximum Gasteiger partial charge on any atom is 0.337 e. The Kier molecular flexibility index (Phi) is 4.83. The van der Waals surface area contributed by atoms with E-state index in [-0.39, 0.29) is 16.8 Å². The Bertz CT molecular complexity index is 803. The molecule has 0 aliphatic heterocycles. The molecule has 0 saturated heterocycles. The minimum absolute atomic E-state index is 0.225. The van der Waals surface area contributed by atoms with Gasteiger partial charge >= 0.3 is 5.97 Å². The summed E-state index contributed by atoms with van der Waals surface area (Å²) in [5, 5.41) is 3.45. The molecule has 3 heteroatoms. The molecule has 3 nitrogen and oxygen atoms in total. The second-order valence-corrected chi connectivity index (χ2v) is 8.57. The third kappa shape index (κ3) is 3.62. The molecule has 0 spiro atoms. The molecule has 1 N–H and O–H groups in total. The molecule has 1 aliphatic rings. The van der Waals surface area contributed by atoms with Gasteiger partial charge in [0.2, 0.25) is 0 Å². The molecule has 138 valence electrons. The predicted octanol–water partition coefficient (Wildman–Crippen LogP) is 5.43. The first kappa shape index (κ1) is 18.5. The van der Waals surface area contributed by atoms with E-state index >= 15 is 0 Å². The van der Waals surface area contributed by atoms with E-state index in [0.29, 0.717) is 5.56 Å². The first-order chi connectivity index (χ1) is 12.2. The fourth-order valence-corrected chi connectivity index (χ4v) is 3.79. The molecule has 0 fully saturated rings. The van der Waals surface area contributed by atoms with Crippen molar-refractivity contribution in [2.45, 2.75) is 57.9 Å². The van der Waals surface area contributed by atoms with Crippen molar-refractivity contribution in [2.24, 2.45) is 0 Å². The number of carbonyl (C=O) groups is 1. The van der Waals surface area contributed by atoms with Crippen molar-refractivity contribution in [3.8, 4) is 0 Å². The lowest BCUT2D eigenvalue weighted by Gasteiger charge is -2.42. The maximum atomic E-state index is 11.5. The molecule has 26 heavy (non-hydrogen) atoms. The molecule has 1 aliphatic carbocycles. The van der Waals surface area contributed by atoms with Crippen LogP contribution in [0.4, 0.5) is 5.69 Å². The summed E-state index contributed by atoms with van der Waals surface area (Å²) in [6.07, 6.45) is 2.45. The van der Waals surface area contributed by atoms with Crippen molar-refractivity contribution in [3.05, 3.63) is 64.7 Å². The van der Waals surface area contributed by atoms with Crippen LogP contribution in [0.25, 0.3) is 0 Å². The summed E-state index contributed by atoms with van der Waals surface area (Å²) < 4.78 is 4.74. The van der Waals surface area contributed by atoms with Crippen LogP contribution in [0.1, 0.15) is 67.6 Å². The number of benzene rings is 2. The molecule has 0 radical (unpaired) electrons. The SMILES string of the molecule is COC(=O)c1ccc(NCc2ccc3c(c2)C(C)(C)CCC3(C)C)cc1. The van der Waals surface area contributed by atoms with Gasteiger partial charge in [0.1, 0.15) is 0 Å². The monoisotopic (exact) mass is 351 g/mol. The molecule has 0 heterocycles. The Morgan fingerprint density at radius 1 is 0.962 bits per heavy atom. The molecule has 2 aromatic rings. The fourth-order valence-electron chi connectivity index (χ4n) is 3.79. The highest BCUT2D eigenvalue weighted by Crippen LogP contribution is 2.45. The molecule has 0 amide bonds. The minimum Gasteiger partial charge on any atom is -0.465 e. The lowest BCUT2D eigenvalue weighted by atomic mass is 9.63. The van der Waals surface area contributed by atoms with Gasteiger partial charge in [-0.2, -0.15) is 0 Å². The van der Waals surface area contributed by atoms with Crippen LogP contribution in [0.15, 0.2) is 42.5 Å². The second kappa shape index (κ2) is 6.79. The van der Waals surface area contributed by atoms with Crippen molar-refractivity contribution in [3.63, 3.8) is 0 Å². The van der Waals surface area contributed by atoms with Crippen molar-refractivity contribution in [1.29, 1.82) is 0 Å². The standard InChI is InChI=1S/C23H29NO2/c1-22(2)12-13-23(3,4)20-14-16(6-11-19(20)22)15-24-18-9-7-17(8-10-18)21(25)26-5/h6-11,14,24H,12-13,15H2,1-5H3. The van der Waals surface area contributed by atoms with Crippen LogP contribution in [-0.2, 0) is 22.1 Å². The van der Waals surface area contributed by atoms with Crippen molar-refractivity contribution >= 4 is 11.7 Å². The van der Waals surface area contributed by atoms with Crippen molar-refractivity contribution < 1.29 is 9.53 Å². The van der Waals surface area contributed by atoms with E-state index in [4.69, 9.17) is 4.74 Å². The van der Waals surface area contributed by atoms with Gasteiger partial charge in [-0.25, -0.2) is 4.79 Å². The second-order valence-electron chi connectivity index (χ2n) is 8.57. The van der Waals surface area contributed by atoms with E-state index in [1.165, 1.54) is 36.6 Å². The summed E-state index contributed by atoms with van der Waals surface area (Å²) in [5.74, 6) is -0.309. The summed E-state index contributed by atoms with van der Waals surface area (Å²) in [5.41, 5.74) is 6.29. The average Bonchev–Trinajstić information content (AvgIpc) is 2.63. The molecule has 0 bridgehead atoms. The first-order valence-corrected chi connectivity index (χ1v) is 9.29. The van der Waals surface area contributed by atoms with E-state index in [1.54, 1.807) is 12.1 Å². The van der Waals surface area contributed by atoms with Gasteiger partial charge in [0.25, 0.3) is 0 Å². The van der Waals surface area contributed by atoms with Crippen molar-refractivity contribution in [2.75, 3.05) is 12.4 Å². The fraction of sp³-hybridized carbons (Fsp3) is 0.435. The summed E-state index contributed by atoms with van der Waals surface area (Å²) >= 11 is 0. The van der Waals surface area contributed by atoms with Crippen LogP contribution < -0.4 is 5.32 Å². The highest BCUT2D eigenvalue weighted by molar-refractivity contribution is 5.89. The van der Waals surface area contributed by atoms with Gasteiger partial charge in [0, 0.05) is 12.2 Å². The number of methoxy groups -OCH3 is 1. The summed E-state index contributed by atoms with van der Waals surface area (Å²) in [4.78, 5) is 11.5.